The molecule has 0 aliphatic heterocycles. The lowest BCUT2D eigenvalue weighted by Crippen LogP contribution is -2.14. The van der Waals surface area contributed by atoms with Gasteiger partial charge in [-0.05, 0) is 60.5 Å². The van der Waals surface area contributed by atoms with Crippen LogP contribution in [0.1, 0.15) is 12.0 Å². The number of allylic oxidation sites excluding steroid dienone is 2. The van der Waals surface area contributed by atoms with Crippen LogP contribution in [0.15, 0.2) is 66.3 Å². The highest BCUT2D eigenvalue weighted by Crippen LogP contribution is 2.37. The van der Waals surface area contributed by atoms with Crippen molar-refractivity contribution < 1.29 is 0 Å². The number of anilines is 1. The topological polar surface area (TPSA) is 6.48 Å². The number of benzene rings is 2. The van der Waals surface area contributed by atoms with Crippen molar-refractivity contribution in [2.24, 2.45) is 0 Å². The summed E-state index contributed by atoms with van der Waals surface area (Å²) in [7, 11) is 8.45. The Morgan fingerprint density at radius 2 is 1.62 bits per heavy atom. The Bertz CT molecular complexity index is 768. The van der Waals surface area contributed by atoms with Crippen LogP contribution in [0, 0.1) is 0 Å². The van der Waals surface area contributed by atoms with E-state index in [0.717, 1.165) is 13.0 Å². The molecule has 2 aromatic rings. The van der Waals surface area contributed by atoms with Gasteiger partial charge >= 0.3 is 0 Å². The van der Waals surface area contributed by atoms with Crippen LogP contribution >= 0.6 is 0 Å². The summed E-state index contributed by atoms with van der Waals surface area (Å²) < 4.78 is 0. The van der Waals surface area contributed by atoms with E-state index in [1.165, 1.54) is 33.5 Å². The first kappa shape index (κ1) is 16.5. The molecule has 124 valence electrons. The first-order valence-electron chi connectivity index (χ1n) is 8.46. The average Bonchev–Trinajstić information content (AvgIpc) is 3.02. The first-order chi connectivity index (χ1) is 11.6. The second-order valence-electron chi connectivity index (χ2n) is 6.84. The van der Waals surface area contributed by atoms with Gasteiger partial charge in [0.25, 0.3) is 0 Å². The third-order valence-corrected chi connectivity index (χ3v) is 4.44. The molecule has 2 aromatic carbocycles. The minimum absolute atomic E-state index is 0.982. The van der Waals surface area contributed by atoms with Crippen LogP contribution in [0.5, 0.6) is 0 Å². The van der Waals surface area contributed by atoms with Gasteiger partial charge in [-0.2, -0.15) is 0 Å². The summed E-state index contributed by atoms with van der Waals surface area (Å²) in [5.74, 6) is 0. The molecule has 0 bridgehead atoms. The number of likely N-dealkylation sites (N-methyl/N-ethyl adjacent to an activating group) is 1. The summed E-state index contributed by atoms with van der Waals surface area (Å²) in [4.78, 5) is 4.40. The van der Waals surface area contributed by atoms with Crippen molar-refractivity contribution in [2.75, 3.05) is 39.6 Å². The lowest BCUT2D eigenvalue weighted by atomic mass is 9.91. The standard InChI is InChI=1S/C22H26N2/c1-23(2)16-18-11-8-12-20(18)21-14-13-19(24(3)4)15-22(21)17-9-6-5-7-10-17/h5-11,13-15H,12,16H2,1-4H3. The average molecular weight is 318 g/mol. The second-order valence-corrected chi connectivity index (χ2v) is 6.84. The van der Waals surface area contributed by atoms with E-state index in [0.29, 0.717) is 0 Å². The normalized spacial score (nSPS) is 13.9. The molecule has 2 heteroatoms. The van der Waals surface area contributed by atoms with Gasteiger partial charge in [-0.15, -0.1) is 0 Å². The zero-order chi connectivity index (χ0) is 17.1. The summed E-state index contributed by atoms with van der Waals surface area (Å²) >= 11 is 0. The minimum atomic E-state index is 0.982. The van der Waals surface area contributed by atoms with Crippen molar-refractivity contribution in [3.63, 3.8) is 0 Å². The van der Waals surface area contributed by atoms with Gasteiger partial charge in [0, 0.05) is 26.3 Å². The fraction of sp³-hybridized carbons (Fsp3) is 0.273. The summed E-state index contributed by atoms with van der Waals surface area (Å²) in [6.45, 7) is 0.982. The Labute approximate surface area is 145 Å². The molecule has 2 nitrogen and oxygen atoms in total. The molecule has 0 radical (unpaired) electrons. The van der Waals surface area contributed by atoms with Gasteiger partial charge < -0.3 is 9.80 Å². The van der Waals surface area contributed by atoms with Gasteiger partial charge in [-0.25, -0.2) is 0 Å². The van der Waals surface area contributed by atoms with Gasteiger partial charge in [-0.3, -0.25) is 0 Å². The Hall–Kier alpha value is -2.32. The maximum absolute atomic E-state index is 2.31. The van der Waals surface area contributed by atoms with Crippen LogP contribution in [0.3, 0.4) is 0 Å². The van der Waals surface area contributed by atoms with Crippen LogP contribution in [0.25, 0.3) is 16.7 Å². The molecule has 0 aromatic heterocycles. The predicted octanol–water partition coefficient (Wildman–Crippen LogP) is 4.69. The zero-order valence-electron chi connectivity index (χ0n) is 15.1. The van der Waals surface area contributed by atoms with Gasteiger partial charge in [0.2, 0.25) is 0 Å². The highest BCUT2D eigenvalue weighted by molar-refractivity contribution is 5.87. The molecular weight excluding hydrogens is 292 g/mol. The third-order valence-electron chi connectivity index (χ3n) is 4.44. The molecular formula is C22H26N2. The van der Waals surface area contributed by atoms with E-state index in [1.54, 1.807) is 0 Å². The Kier molecular flexibility index (Phi) is 4.86. The lowest BCUT2D eigenvalue weighted by Gasteiger charge is -2.19. The van der Waals surface area contributed by atoms with E-state index >= 15 is 0 Å². The predicted molar refractivity (Wildman–Crippen MR) is 105 cm³/mol. The van der Waals surface area contributed by atoms with Gasteiger partial charge in [0.05, 0.1) is 0 Å². The largest absolute Gasteiger partial charge is 0.378 e. The Balaban J connectivity index is 2.14. The summed E-state index contributed by atoms with van der Waals surface area (Å²) in [6.07, 6.45) is 5.58. The highest BCUT2D eigenvalue weighted by atomic mass is 15.1. The molecule has 1 aliphatic carbocycles. The van der Waals surface area contributed by atoms with Crippen LogP contribution in [0.2, 0.25) is 0 Å². The van der Waals surface area contributed by atoms with Gasteiger partial charge in [0.1, 0.15) is 0 Å². The van der Waals surface area contributed by atoms with Crippen molar-refractivity contribution in [1.82, 2.24) is 4.90 Å². The van der Waals surface area contributed by atoms with E-state index in [9.17, 15) is 0 Å². The van der Waals surface area contributed by atoms with E-state index in [4.69, 9.17) is 0 Å². The molecule has 0 atom stereocenters. The van der Waals surface area contributed by atoms with Crippen LogP contribution in [0.4, 0.5) is 5.69 Å². The second kappa shape index (κ2) is 7.06. The monoisotopic (exact) mass is 318 g/mol. The highest BCUT2D eigenvalue weighted by Gasteiger charge is 2.17. The maximum atomic E-state index is 2.31. The lowest BCUT2D eigenvalue weighted by molar-refractivity contribution is 0.450. The zero-order valence-corrected chi connectivity index (χ0v) is 15.1. The summed E-state index contributed by atoms with van der Waals surface area (Å²) in [5, 5.41) is 0. The molecule has 0 saturated carbocycles. The summed E-state index contributed by atoms with van der Waals surface area (Å²) in [6, 6.07) is 17.5. The quantitative estimate of drug-likeness (QED) is 0.789. The molecule has 0 saturated heterocycles. The molecule has 24 heavy (non-hydrogen) atoms. The number of rotatable bonds is 5. The first-order valence-corrected chi connectivity index (χ1v) is 8.46. The Morgan fingerprint density at radius 3 is 2.29 bits per heavy atom. The van der Waals surface area contributed by atoms with Gasteiger partial charge in [0.15, 0.2) is 0 Å². The van der Waals surface area contributed by atoms with Crippen molar-refractivity contribution in [1.29, 1.82) is 0 Å². The minimum Gasteiger partial charge on any atom is -0.378 e. The van der Waals surface area contributed by atoms with Crippen molar-refractivity contribution in [3.05, 3.63) is 71.8 Å². The molecule has 0 fully saturated rings. The smallest absolute Gasteiger partial charge is 0.0367 e. The van der Waals surface area contributed by atoms with E-state index in [-0.39, 0.29) is 0 Å². The van der Waals surface area contributed by atoms with Crippen LogP contribution < -0.4 is 4.90 Å². The maximum Gasteiger partial charge on any atom is 0.0367 e. The fourth-order valence-corrected chi connectivity index (χ4v) is 3.25. The molecule has 0 N–H and O–H groups in total. The molecule has 0 unspecified atom stereocenters. The number of nitrogens with zero attached hydrogens (tertiary/aromatic N) is 2. The molecule has 0 heterocycles. The fourth-order valence-electron chi connectivity index (χ4n) is 3.25. The van der Waals surface area contributed by atoms with Crippen molar-refractivity contribution in [2.45, 2.75) is 6.42 Å². The third kappa shape index (κ3) is 3.44. The van der Waals surface area contributed by atoms with E-state index < -0.39 is 0 Å². The Morgan fingerprint density at radius 1 is 0.875 bits per heavy atom. The van der Waals surface area contributed by atoms with E-state index in [1.807, 2.05) is 0 Å². The van der Waals surface area contributed by atoms with Crippen molar-refractivity contribution in [3.8, 4) is 11.1 Å². The summed E-state index contributed by atoms with van der Waals surface area (Å²) in [5.41, 5.74) is 8.06. The van der Waals surface area contributed by atoms with E-state index in [2.05, 4.69) is 98.7 Å². The SMILES string of the molecule is CN(C)CC1=C(c2ccc(N(C)C)cc2-c2ccccc2)CC=C1. The van der Waals surface area contributed by atoms with Gasteiger partial charge in [-0.1, -0.05) is 48.6 Å². The number of hydrogen-bond acceptors (Lipinski definition) is 2. The van der Waals surface area contributed by atoms with Crippen LogP contribution in [-0.2, 0) is 0 Å². The molecule has 1 aliphatic rings. The number of hydrogen-bond donors (Lipinski definition) is 0. The molecule has 0 amide bonds. The van der Waals surface area contributed by atoms with Crippen molar-refractivity contribution >= 4 is 11.3 Å². The molecule has 3 rings (SSSR count). The van der Waals surface area contributed by atoms with Crippen LogP contribution in [-0.4, -0.2) is 39.6 Å². The molecule has 0 spiro atoms.